The van der Waals surface area contributed by atoms with Crippen LogP contribution in [0.2, 0.25) is 5.02 Å². The lowest BCUT2D eigenvalue weighted by Crippen LogP contribution is -2.45. The van der Waals surface area contributed by atoms with Gasteiger partial charge in [-0.25, -0.2) is 0 Å². The molecule has 0 saturated heterocycles. The zero-order valence-corrected chi connectivity index (χ0v) is 16.3. The van der Waals surface area contributed by atoms with Crippen LogP contribution < -0.4 is 20.1 Å². The zero-order valence-electron chi connectivity index (χ0n) is 15.5. The van der Waals surface area contributed by atoms with Crippen LogP contribution in [0.4, 0.5) is 0 Å². The molecular weight excluding hydrogens is 368 g/mol. The Labute approximate surface area is 163 Å². The van der Waals surface area contributed by atoms with Crippen molar-refractivity contribution in [3.05, 3.63) is 58.6 Å². The van der Waals surface area contributed by atoms with E-state index in [0.29, 0.717) is 35.1 Å². The SMILES string of the molecule is COc1ccc(CCNC(=O)C(C)NC(=O)c2ccccc2Cl)cc1OC. The molecule has 6 nitrogen and oxygen atoms in total. The van der Waals surface area contributed by atoms with Gasteiger partial charge in [0.25, 0.3) is 5.91 Å². The van der Waals surface area contributed by atoms with Crippen molar-refractivity contribution in [2.45, 2.75) is 19.4 Å². The summed E-state index contributed by atoms with van der Waals surface area (Å²) in [6.07, 6.45) is 0.622. The summed E-state index contributed by atoms with van der Waals surface area (Å²) < 4.78 is 10.5. The van der Waals surface area contributed by atoms with Crippen molar-refractivity contribution in [2.24, 2.45) is 0 Å². The minimum atomic E-state index is -0.681. The van der Waals surface area contributed by atoms with Gasteiger partial charge in [0.2, 0.25) is 5.91 Å². The Balaban J connectivity index is 1.85. The third kappa shape index (κ3) is 5.62. The first-order valence-corrected chi connectivity index (χ1v) is 8.88. The number of benzene rings is 2. The Bertz CT molecular complexity index is 810. The van der Waals surface area contributed by atoms with Crippen molar-refractivity contribution in [3.63, 3.8) is 0 Å². The van der Waals surface area contributed by atoms with Gasteiger partial charge in [-0.1, -0.05) is 29.8 Å². The van der Waals surface area contributed by atoms with E-state index in [1.807, 2.05) is 18.2 Å². The minimum absolute atomic E-state index is 0.268. The van der Waals surface area contributed by atoms with Gasteiger partial charge in [0, 0.05) is 6.54 Å². The number of hydrogen-bond acceptors (Lipinski definition) is 4. The smallest absolute Gasteiger partial charge is 0.253 e. The van der Waals surface area contributed by atoms with Crippen molar-refractivity contribution in [3.8, 4) is 11.5 Å². The number of carbonyl (C=O) groups excluding carboxylic acids is 2. The Morgan fingerprint density at radius 2 is 1.78 bits per heavy atom. The van der Waals surface area contributed by atoms with E-state index in [9.17, 15) is 9.59 Å². The van der Waals surface area contributed by atoms with E-state index in [-0.39, 0.29) is 11.8 Å². The van der Waals surface area contributed by atoms with Crippen LogP contribution in [-0.2, 0) is 11.2 Å². The first-order chi connectivity index (χ1) is 13.0. The third-order valence-corrected chi connectivity index (χ3v) is 4.35. The van der Waals surface area contributed by atoms with Gasteiger partial charge < -0.3 is 20.1 Å². The molecule has 27 heavy (non-hydrogen) atoms. The fraction of sp³-hybridized carbons (Fsp3) is 0.300. The highest BCUT2D eigenvalue weighted by Gasteiger charge is 2.17. The largest absolute Gasteiger partial charge is 0.493 e. The van der Waals surface area contributed by atoms with Crippen molar-refractivity contribution in [1.29, 1.82) is 0 Å². The van der Waals surface area contributed by atoms with Crippen LogP contribution in [0.3, 0.4) is 0 Å². The molecule has 2 aromatic carbocycles. The Morgan fingerprint density at radius 3 is 2.44 bits per heavy atom. The molecule has 0 heterocycles. The summed E-state index contributed by atoms with van der Waals surface area (Å²) in [6.45, 7) is 2.06. The molecule has 0 fully saturated rings. The highest BCUT2D eigenvalue weighted by atomic mass is 35.5. The van der Waals surface area contributed by atoms with Crippen LogP contribution in [0.25, 0.3) is 0 Å². The zero-order chi connectivity index (χ0) is 19.8. The molecular formula is C20H23ClN2O4. The van der Waals surface area contributed by atoms with Crippen molar-refractivity contribution < 1.29 is 19.1 Å². The van der Waals surface area contributed by atoms with Gasteiger partial charge in [-0.3, -0.25) is 9.59 Å². The van der Waals surface area contributed by atoms with Crippen molar-refractivity contribution in [1.82, 2.24) is 10.6 Å². The van der Waals surface area contributed by atoms with Crippen LogP contribution in [0.15, 0.2) is 42.5 Å². The molecule has 144 valence electrons. The van der Waals surface area contributed by atoms with Crippen molar-refractivity contribution in [2.75, 3.05) is 20.8 Å². The Kier molecular flexibility index (Phi) is 7.49. The lowest BCUT2D eigenvalue weighted by atomic mass is 10.1. The molecule has 0 aliphatic carbocycles. The summed E-state index contributed by atoms with van der Waals surface area (Å²) in [5.41, 5.74) is 1.34. The molecule has 2 N–H and O–H groups in total. The molecule has 0 spiro atoms. The highest BCUT2D eigenvalue weighted by molar-refractivity contribution is 6.33. The number of rotatable bonds is 8. The number of carbonyl (C=O) groups is 2. The lowest BCUT2D eigenvalue weighted by Gasteiger charge is -2.15. The molecule has 7 heteroatoms. The normalized spacial score (nSPS) is 11.4. The van der Waals surface area contributed by atoms with Crippen LogP contribution in [0.1, 0.15) is 22.8 Å². The topological polar surface area (TPSA) is 76.7 Å². The van der Waals surface area contributed by atoms with Crippen LogP contribution in [0.5, 0.6) is 11.5 Å². The lowest BCUT2D eigenvalue weighted by molar-refractivity contribution is -0.122. The molecule has 0 bridgehead atoms. The average molecular weight is 391 g/mol. The van der Waals surface area contributed by atoms with Gasteiger partial charge >= 0.3 is 0 Å². The maximum atomic E-state index is 12.2. The Morgan fingerprint density at radius 1 is 1.07 bits per heavy atom. The van der Waals surface area contributed by atoms with E-state index < -0.39 is 6.04 Å². The van der Waals surface area contributed by atoms with Crippen LogP contribution in [0, 0.1) is 0 Å². The van der Waals surface area contributed by atoms with E-state index >= 15 is 0 Å². The standard InChI is InChI=1S/C20H23ClN2O4/c1-13(23-20(25)15-6-4-5-7-16(15)21)19(24)22-11-10-14-8-9-17(26-2)18(12-14)27-3/h4-9,12-13H,10-11H2,1-3H3,(H,22,24)(H,23,25). The second-order valence-electron chi connectivity index (χ2n) is 5.91. The van der Waals surface area contributed by atoms with E-state index in [0.717, 1.165) is 5.56 Å². The number of nitrogens with one attached hydrogen (secondary N) is 2. The fourth-order valence-corrected chi connectivity index (χ4v) is 2.73. The number of methoxy groups -OCH3 is 2. The number of hydrogen-bond donors (Lipinski definition) is 2. The van der Waals surface area contributed by atoms with Gasteiger partial charge in [-0.05, 0) is 43.2 Å². The molecule has 2 rings (SSSR count). The molecule has 0 radical (unpaired) electrons. The summed E-state index contributed by atoms with van der Waals surface area (Å²) in [5, 5.41) is 5.80. The predicted octanol–water partition coefficient (Wildman–Crippen LogP) is 2.83. The molecule has 2 aromatic rings. The van der Waals surface area contributed by atoms with E-state index in [1.165, 1.54) is 0 Å². The summed E-state index contributed by atoms with van der Waals surface area (Å²) in [5.74, 6) is 0.641. The predicted molar refractivity (Wildman–Crippen MR) is 105 cm³/mol. The maximum absolute atomic E-state index is 12.2. The number of ether oxygens (including phenoxy) is 2. The second-order valence-corrected chi connectivity index (χ2v) is 6.31. The summed E-state index contributed by atoms with van der Waals surface area (Å²) in [4.78, 5) is 24.4. The first kappa shape index (κ1) is 20.6. The van der Waals surface area contributed by atoms with Gasteiger partial charge in [-0.15, -0.1) is 0 Å². The van der Waals surface area contributed by atoms with E-state index in [2.05, 4.69) is 10.6 Å². The van der Waals surface area contributed by atoms with Crippen molar-refractivity contribution >= 4 is 23.4 Å². The number of amides is 2. The second kappa shape index (κ2) is 9.83. The average Bonchev–Trinajstić information content (AvgIpc) is 2.67. The molecule has 0 aliphatic rings. The third-order valence-electron chi connectivity index (χ3n) is 4.02. The summed E-state index contributed by atoms with van der Waals surface area (Å²) in [6, 6.07) is 11.6. The van der Waals surface area contributed by atoms with Gasteiger partial charge in [0.15, 0.2) is 11.5 Å². The fourth-order valence-electron chi connectivity index (χ4n) is 2.50. The molecule has 1 unspecified atom stereocenters. The van der Waals surface area contributed by atoms with E-state index in [4.69, 9.17) is 21.1 Å². The first-order valence-electron chi connectivity index (χ1n) is 8.50. The van der Waals surface area contributed by atoms with Gasteiger partial charge in [0.05, 0.1) is 24.8 Å². The van der Waals surface area contributed by atoms with Crippen LogP contribution in [-0.4, -0.2) is 38.6 Å². The van der Waals surface area contributed by atoms with Crippen LogP contribution >= 0.6 is 11.6 Å². The molecule has 2 amide bonds. The Hall–Kier alpha value is -2.73. The minimum Gasteiger partial charge on any atom is -0.493 e. The molecule has 0 aliphatic heterocycles. The maximum Gasteiger partial charge on any atom is 0.253 e. The highest BCUT2D eigenvalue weighted by Crippen LogP contribution is 2.27. The quantitative estimate of drug-likeness (QED) is 0.726. The number of halogens is 1. The summed E-state index contributed by atoms with van der Waals surface area (Å²) >= 11 is 6.00. The van der Waals surface area contributed by atoms with Gasteiger partial charge in [-0.2, -0.15) is 0 Å². The van der Waals surface area contributed by atoms with Gasteiger partial charge in [0.1, 0.15) is 6.04 Å². The van der Waals surface area contributed by atoms with E-state index in [1.54, 1.807) is 45.4 Å². The molecule has 1 atom stereocenters. The summed E-state index contributed by atoms with van der Waals surface area (Å²) in [7, 11) is 3.16. The molecule has 0 saturated carbocycles. The molecule has 0 aromatic heterocycles. The monoisotopic (exact) mass is 390 g/mol.